The maximum atomic E-state index is 12.8. The van der Waals surface area contributed by atoms with Crippen LogP contribution in [0.2, 0.25) is 0 Å². The first-order valence-electron chi connectivity index (χ1n) is 9.06. The van der Waals surface area contributed by atoms with Gasteiger partial charge in [0.25, 0.3) is 0 Å². The van der Waals surface area contributed by atoms with Crippen molar-refractivity contribution in [2.45, 2.75) is 32.2 Å². The molecule has 1 amide bonds. The van der Waals surface area contributed by atoms with Crippen LogP contribution in [0.4, 0.5) is 0 Å². The average molecular weight is 379 g/mol. The molecule has 0 N–H and O–H groups in total. The van der Waals surface area contributed by atoms with Gasteiger partial charge in [-0.2, -0.15) is 5.10 Å². The Hall–Kier alpha value is -2.60. The van der Waals surface area contributed by atoms with Crippen molar-refractivity contribution in [3.8, 4) is 5.69 Å². The molecule has 1 aliphatic heterocycles. The predicted molar refractivity (Wildman–Crippen MR) is 108 cm³/mol. The lowest BCUT2D eigenvalue weighted by atomic mass is 10.1. The zero-order valence-corrected chi connectivity index (χ0v) is 16.3. The lowest BCUT2D eigenvalue weighted by Gasteiger charge is -2.35. The molecular weight excluding hydrogens is 356 g/mol. The van der Waals surface area contributed by atoms with Crippen molar-refractivity contribution in [2.24, 2.45) is 0 Å². The summed E-state index contributed by atoms with van der Waals surface area (Å²) in [5.41, 5.74) is 5.34. The fourth-order valence-corrected chi connectivity index (χ4v) is 4.95. The van der Waals surface area contributed by atoms with Crippen molar-refractivity contribution < 1.29 is 4.79 Å². The Bertz CT molecular complexity index is 940. The van der Waals surface area contributed by atoms with Crippen LogP contribution in [0.1, 0.15) is 34.3 Å². The van der Waals surface area contributed by atoms with Crippen LogP contribution in [0.25, 0.3) is 5.69 Å². The van der Waals surface area contributed by atoms with Gasteiger partial charge >= 0.3 is 0 Å². The number of rotatable bonds is 4. The van der Waals surface area contributed by atoms with Gasteiger partial charge in [0.05, 0.1) is 11.4 Å². The summed E-state index contributed by atoms with van der Waals surface area (Å²) in [6.07, 6.45) is 4.13. The molecule has 0 bridgehead atoms. The van der Waals surface area contributed by atoms with E-state index in [4.69, 9.17) is 5.10 Å². The minimum absolute atomic E-state index is 0.0168. The van der Waals surface area contributed by atoms with Gasteiger partial charge in [-0.1, -0.05) is 18.2 Å². The van der Waals surface area contributed by atoms with Crippen LogP contribution < -0.4 is 0 Å². The van der Waals surface area contributed by atoms with Crippen molar-refractivity contribution in [2.75, 3.05) is 5.75 Å². The van der Waals surface area contributed by atoms with Crippen LogP contribution in [-0.4, -0.2) is 31.3 Å². The summed E-state index contributed by atoms with van der Waals surface area (Å²) in [5, 5.41) is 4.76. The summed E-state index contributed by atoms with van der Waals surface area (Å²) in [5.74, 6) is 1.04. The Balaban J connectivity index is 1.72. The summed E-state index contributed by atoms with van der Waals surface area (Å²) < 4.78 is 1.98. The summed E-state index contributed by atoms with van der Waals surface area (Å²) in [7, 11) is 0. The number of aromatic nitrogens is 3. The molecule has 0 spiro atoms. The van der Waals surface area contributed by atoms with E-state index in [0.29, 0.717) is 13.0 Å². The molecule has 1 saturated heterocycles. The van der Waals surface area contributed by atoms with Gasteiger partial charge in [-0.05, 0) is 43.7 Å². The topological polar surface area (TPSA) is 51.0 Å². The van der Waals surface area contributed by atoms with Crippen molar-refractivity contribution in [3.05, 3.63) is 77.4 Å². The number of carbonyl (C=O) groups excluding carboxylic acids is 1. The molecule has 1 fully saturated rings. The SMILES string of the molecule is Cc1nn(-c2ccccc2)c(C)c1C1SCCC(=O)N1Cc1ccncc1. The number of nitrogens with zero attached hydrogens (tertiary/aromatic N) is 4. The smallest absolute Gasteiger partial charge is 0.224 e. The summed E-state index contributed by atoms with van der Waals surface area (Å²) in [6.45, 7) is 4.72. The highest BCUT2D eigenvalue weighted by molar-refractivity contribution is 7.99. The largest absolute Gasteiger partial charge is 0.322 e. The first-order chi connectivity index (χ1) is 13.1. The molecule has 5 nitrogen and oxygen atoms in total. The van der Waals surface area contributed by atoms with Crippen molar-refractivity contribution in [1.29, 1.82) is 0 Å². The molecule has 0 radical (unpaired) electrons. The molecule has 1 aromatic carbocycles. The molecule has 138 valence electrons. The van der Waals surface area contributed by atoms with Crippen LogP contribution in [0, 0.1) is 13.8 Å². The maximum Gasteiger partial charge on any atom is 0.224 e. The molecule has 3 aromatic rings. The third-order valence-corrected chi connectivity index (χ3v) is 6.14. The zero-order chi connectivity index (χ0) is 18.8. The van der Waals surface area contributed by atoms with Crippen LogP contribution in [0.5, 0.6) is 0 Å². The summed E-state index contributed by atoms with van der Waals surface area (Å²) in [6, 6.07) is 14.1. The molecule has 27 heavy (non-hydrogen) atoms. The van der Waals surface area contributed by atoms with Gasteiger partial charge < -0.3 is 4.90 Å². The molecule has 2 aromatic heterocycles. The van der Waals surface area contributed by atoms with Gasteiger partial charge in [-0.3, -0.25) is 9.78 Å². The van der Waals surface area contributed by atoms with Gasteiger partial charge in [-0.25, -0.2) is 4.68 Å². The number of benzene rings is 1. The number of carbonyl (C=O) groups is 1. The third kappa shape index (κ3) is 3.49. The predicted octanol–water partition coefficient (Wildman–Crippen LogP) is 4.05. The normalized spacial score (nSPS) is 17.3. The zero-order valence-electron chi connectivity index (χ0n) is 15.5. The van der Waals surface area contributed by atoms with Gasteiger partial charge in [0, 0.05) is 42.4 Å². The van der Waals surface area contributed by atoms with E-state index in [1.54, 1.807) is 12.4 Å². The highest BCUT2D eigenvalue weighted by atomic mass is 32.2. The Morgan fingerprint density at radius 2 is 1.85 bits per heavy atom. The number of para-hydroxylation sites is 1. The highest BCUT2D eigenvalue weighted by Gasteiger charge is 2.33. The summed E-state index contributed by atoms with van der Waals surface area (Å²) >= 11 is 1.82. The second-order valence-electron chi connectivity index (χ2n) is 6.68. The first kappa shape index (κ1) is 17.8. The molecule has 1 atom stereocenters. The number of pyridine rings is 1. The van der Waals surface area contributed by atoms with E-state index < -0.39 is 0 Å². The fourth-order valence-electron chi connectivity index (χ4n) is 3.55. The molecule has 4 rings (SSSR count). The third-order valence-electron chi connectivity index (χ3n) is 4.89. The van der Waals surface area contributed by atoms with E-state index >= 15 is 0 Å². The van der Waals surface area contributed by atoms with Crippen molar-refractivity contribution in [1.82, 2.24) is 19.7 Å². The van der Waals surface area contributed by atoms with Crippen LogP contribution >= 0.6 is 11.8 Å². The van der Waals surface area contributed by atoms with Crippen molar-refractivity contribution in [3.63, 3.8) is 0 Å². The molecule has 0 aliphatic carbocycles. The standard InChI is InChI=1S/C21H22N4OS/c1-15-20(16(2)25(23-15)18-6-4-3-5-7-18)21-24(19(26)10-13-27-21)14-17-8-11-22-12-9-17/h3-9,11-12,21H,10,13-14H2,1-2H3. The van der Waals surface area contributed by atoms with Gasteiger partial charge in [0.1, 0.15) is 5.37 Å². The van der Waals surface area contributed by atoms with E-state index in [0.717, 1.165) is 34.0 Å². The summed E-state index contributed by atoms with van der Waals surface area (Å²) in [4.78, 5) is 18.8. The number of hydrogen-bond donors (Lipinski definition) is 0. The number of aryl methyl sites for hydroxylation is 1. The van der Waals surface area contributed by atoms with Crippen LogP contribution in [0.15, 0.2) is 54.9 Å². The molecule has 0 saturated carbocycles. The molecule has 6 heteroatoms. The molecule has 3 heterocycles. The van der Waals surface area contributed by atoms with E-state index in [1.165, 1.54) is 0 Å². The van der Waals surface area contributed by atoms with Crippen molar-refractivity contribution >= 4 is 17.7 Å². The molecular formula is C21H22N4OS. The Morgan fingerprint density at radius 1 is 1.11 bits per heavy atom. The Kier molecular flexibility index (Phi) is 4.99. The fraction of sp³-hybridized carbons (Fsp3) is 0.286. The quantitative estimate of drug-likeness (QED) is 0.687. The minimum Gasteiger partial charge on any atom is -0.322 e. The van der Waals surface area contributed by atoms with E-state index in [2.05, 4.69) is 24.0 Å². The van der Waals surface area contributed by atoms with E-state index in [9.17, 15) is 4.79 Å². The second kappa shape index (κ2) is 7.56. The lowest BCUT2D eigenvalue weighted by molar-refractivity contribution is -0.132. The van der Waals surface area contributed by atoms with E-state index in [1.807, 2.05) is 58.6 Å². The minimum atomic E-state index is -0.0168. The number of thioether (sulfide) groups is 1. The van der Waals surface area contributed by atoms with Crippen LogP contribution in [-0.2, 0) is 11.3 Å². The second-order valence-corrected chi connectivity index (χ2v) is 7.87. The molecule has 1 unspecified atom stereocenters. The Morgan fingerprint density at radius 3 is 2.59 bits per heavy atom. The van der Waals surface area contributed by atoms with Gasteiger partial charge in [0.2, 0.25) is 5.91 Å². The lowest BCUT2D eigenvalue weighted by Crippen LogP contribution is -2.37. The molecule has 1 aliphatic rings. The monoisotopic (exact) mass is 378 g/mol. The highest BCUT2D eigenvalue weighted by Crippen LogP contribution is 2.41. The van der Waals surface area contributed by atoms with E-state index in [-0.39, 0.29) is 11.3 Å². The first-order valence-corrected chi connectivity index (χ1v) is 10.1. The van der Waals surface area contributed by atoms with Gasteiger partial charge in [-0.15, -0.1) is 11.8 Å². The van der Waals surface area contributed by atoms with Gasteiger partial charge in [0.15, 0.2) is 0 Å². The number of amides is 1. The maximum absolute atomic E-state index is 12.8. The van der Waals surface area contributed by atoms with Crippen LogP contribution in [0.3, 0.4) is 0 Å². The number of hydrogen-bond acceptors (Lipinski definition) is 4. The average Bonchev–Trinajstić information content (AvgIpc) is 2.99. The Labute approximate surface area is 163 Å².